The number of aromatic nitrogens is 1. The van der Waals surface area contributed by atoms with Crippen LogP contribution in [0.5, 0.6) is 0 Å². The number of aromatic carboxylic acids is 1. The maximum absolute atomic E-state index is 14.2. The minimum atomic E-state index is -6.04. The van der Waals surface area contributed by atoms with Crippen LogP contribution in [0.4, 0.5) is 40.3 Å². The van der Waals surface area contributed by atoms with Gasteiger partial charge in [-0.2, -0.15) is 13.2 Å². The predicted molar refractivity (Wildman–Crippen MR) is 270 cm³/mol. The number of alkyl halides is 3. The minimum absolute atomic E-state index is 0.0594. The lowest BCUT2D eigenvalue weighted by Gasteiger charge is -2.41. The second kappa shape index (κ2) is 20.6. The zero-order chi connectivity index (χ0) is 50.9. The molecular formula is C51H54F4N6O7S3. The van der Waals surface area contributed by atoms with Crippen LogP contribution >= 0.6 is 11.8 Å². The van der Waals surface area contributed by atoms with Crippen LogP contribution in [0.2, 0.25) is 0 Å². The molecule has 1 saturated heterocycles. The van der Waals surface area contributed by atoms with Gasteiger partial charge in [-0.25, -0.2) is 26.0 Å². The van der Waals surface area contributed by atoms with Gasteiger partial charge in [0.25, 0.3) is 19.9 Å². The lowest BCUT2D eigenvalue weighted by atomic mass is 9.77. The Morgan fingerprint density at radius 3 is 2.10 bits per heavy atom. The molecule has 5 aromatic carbocycles. The van der Waals surface area contributed by atoms with Gasteiger partial charge in [-0.15, -0.1) is 11.8 Å². The quantitative estimate of drug-likeness (QED) is 0.0409. The van der Waals surface area contributed by atoms with E-state index in [4.69, 9.17) is 0 Å². The van der Waals surface area contributed by atoms with E-state index in [9.17, 15) is 49.4 Å². The number of nitrogens with one attached hydrogen (secondary N) is 3. The summed E-state index contributed by atoms with van der Waals surface area (Å²) in [5.41, 5.74) is -1.89. The highest BCUT2D eigenvalue weighted by Gasteiger charge is 2.48. The predicted octanol–water partition coefficient (Wildman–Crippen LogP) is 9.39. The van der Waals surface area contributed by atoms with E-state index >= 15 is 0 Å². The number of carbonyl (C=O) groups is 1. The Morgan fingerprint density at radius 1 is 0.831 bits per heavy atom. The summed E-state index contributed by atoms with van der Waals surface area (Å²) in [6, 6.07) is 31.4. The van der Waals surface area contributed by atoms with Crippen LogP contribution in [0.25, 0.3) is 22.4 Å². The van der Waals surface area contributed by atoms with Gasteiger partial charge >= 0.3 is 11.5 Å². The molecule has 20 heteroatoms. The monoisotopic (exact) mass is 1030 g/mol. The van der Waals surface area contributed by atoms with E-state index in [1.807, 2.05) is 54.6 Å². The SMILES string of the molecule is Cc1c(C(=O)O)c(-c2cccc(N3CCN(c4ccc(NS(=O)(=O)c5ccc(N[C@H](CCNC6CC(C)(O)C6)CSc6ccccc6)c(S(=O)(=O)C(F)(F)F)c5)cc4)CC3)c2)c(-c2ccc(F)cc2)n1C. The van der Waals surface area contributed by atoms with Gasteiger partial charge in [0.05, 0.1) is 27.4 Å². The second-order valence-corrected chi connectivity index (χ2v) is 22.8. The number of sulfonamides is 1. The van der Waals surface area contributed by atoms with E-state index in [-0.39, 0.29) is 17.3 Å². The summed E-state index contributed by atoms with van der Waals surface area (Å²) < 4.78 is 115. The van der Waals surface area contributed by atoms with Crippen LogP contribution in [-0.2, 0) is 26.9 Å². The molecule has 2 aliphatic rings. The van der Waals surface area contributed by atoms with Crippen LogP contribution in [-0.4, -0.2) is 99.3 Å². The third kappa shape index (κ3) is 11.5. The average Bonchev–Trinajstić information content (AvgIpc) is 3.59. The van der Waals surface area contributed by atoms with Crippen molar-refractivity contribution < 1.29 is 49.4 Å². The Hall–Kier alpha value is -6.06. The minimum Gasteiger partial charge on any atom is -0.478 e. The van der Waals surface area contributed by atoms with Crippen LogP contribution in [0.3, 0.4) is 0 Å². The molecule has 2 heterocycles. The van der Waals surface area contributed by atoms with Crippen LogP contribution in [0.1, 0.15) is 42.2 Å². The number of rotatable bonds is 18. The number of benzene rings is 5. The highest BCUT2D eigenvalue weighted by Crippen LogP contribution is 2.41. The van der Waals surface area contributed by atoms with Gasteiger partial charge in [0.15, 0.2) is 0 Å². The van der Waals surface area contributed by atoms with Gasteiger partial charge in [0.2, 0.25) is 0 Å². The maximum Gasteiger partial charge on any atom is 0.501 e. The van der Waals surface area contributed by atoms with Crippen molar-refractivity contribution in [3.8, 4) is 22.4 Å². The topological polar surface area (TPSA) is 173 Å². The molecule has 1 atom stereocenters. The molecule has 0 amide bonds. The number of hydrogen-bond acceptors (Lipinski definition) is 11. The number of thioether (sulfide) groups is 1. The lowest BCUT2D eigenvalue weighted by molar-refractivity contribution is -0.0436. The summed E-state index contributed by atoms with van der Waals surface area (Å²) >= 11 is 1.43. The number of anilines is 4. The molecule has 0 spiro atoms. The molecule has 8 rings (SSSR count). The average molecular weight is 1040 g/mol. The third-order valence-electron chi connectivity index (χ3n) is 13.0. The molecule has 0 bridgehead atoms. The molecule has 1 aliphatic heterocycles. The number of carboxylic acids is 1. The van der Waals surface area contributed by atoms with Crippen LogP contribution in [0.15, 0.2) is 136 Å². The smallest absolute Gasteiger partial charge is 0.478 e. The molecule has 1 aliphatic carbocycles. The van der Waals surface area contributed by atoms with Crippen molar-refractivity contribution in [1.82, 2.24) is 9.88 Å². The fourth-order valence-corrected chi connectivity index (χ4v) is 12.3. The van der Waals surface area contributed by atoms with Crippen molar-refractivity contribution in [2.45, 2.75) is 71.0 Å². The first-order valence-corrected chi connectivity index (χ1v) is 26.8. The summed E-state index contributed by atoms with van der Waals surface area (Å²) in [7, 11) is -8.86. The van der Waals surface area contributed by atoms with Gasteiger partial charge in [0.1, 0.15) is 10.7 Å². The van der Waals surface area contributed by atoms with E-state index in [0.29, 0.717) is 91.9 Å². The van der Waals surface area contributed by atoms with Crippen LogP contribution < -0.4 is 25.2 Å². The van der Waals surface area contributed by atoms with Crippen molar-refractivity contribution in [3.63, 3.8) is 0 Å². The van der Waals surface area contributed by atoms with E-state index in [1.165, 1.54) is 36.0 Å². The molecule has 0 radical (unpaired) electrons. The number of sulfone groups is 1. The maximum atomic E-state index is 14.2. The zero-order valence-corrected chi connectivity index (χ0v) is 41.5. The van der Waals surface area contributed by atoms with Crippen molar-refractivity contribution >= 4 is 60.3 Å². The summed E-state index contributed by atoms with van der Waals surface area (Å²) in [6.45, 7) is 6.22. The summed E-state index contributed by atoms with van der Waals surface area (Å²) in [5.74, 6) is -1.14. The number of nitrogens with zero attached hydrogens (tertiary/aromatic N) is 3. The first-order chi connectivity index (χ1) is 33.6. The normalized spacial score (nSPS) is 17.9. The Bertz CT molecular complexity index is 3100. The van der Waals surface area contributed by atoms with Gasteiger partial charge in [0, 0.05) is 84.3 Å². The molecular weight excluding hydrogens is 981 g/mol. The molecule has 0 unspecified atom stereocenters. The first-order valence-electron chi connectivity index (χ1n) is 22.9. The highest BCUT2D eigenvalue weighted by atomic mass is 32.2. The number of halogens is 4. The van der Waals surface area contributed by atoms with Gasteiger partial charge in [-0.3, -0.25) is 4.72 Å². The van der Waals surface area contributed by atoms with E-state index in [1.54, 1.807) is 49.7 Å². The van der Waals surface area contributed by atoms with Crippen LogP contribution in [0, 0.1) is 12.7 Å². The van der Waals surface area contributed by atoms with Crippen molar-refractivity contribution in [2.75, 3.05) is 58.3 Å². The second-order valence-electron chi connectivity index (χ2n) is 18.1. The molecule has 376 valence electrons. The highest BCUT2D eigenvalue weighted by molar-refractivity contribution is 7.99. The van der Waals surface area contributed by atoms with Crippen molar-refractivity contribution in [1.29, 1.82) is 0 Å². The Morgan fingerprint density at radius 2 is 1.48 bits per heavy atom. The number of piperazine rings is 1. The fraction of sp³-hybridized carbons (Fsp3) is 0.314. The molecule has 5 N–H and O–H groups in total. The van der Waals surface area contributed by atoms with E-state index in [2.05, 4.69) is 25.2 Å². The standard InChI is InChI=1S/C51H54F4N6O7S3/c1-33-46(49(62)63)47(48(59(33)3)34-12-14-36(52)15-13-34)35-8-7-9-41(28-35)61-26-24-60(25-27-61)40-18-16-37(17-19-40)58-71(67,68)43-20-21-44(45(29-43)70(65,66)51(53,54)55)57-38(32-69-42-10-5-4-6-11-42)22-23-56-39-30-50(2,64)31-39/h4-21,28-29,38-39,56-58,64H,22-27,30-32H2,1-3H3,(H,62,63)/t38-,39?,50?/m1/s1. The van der Waals surface area contributed by atoms with E-state index in [0.717, 1.165) is 28.4 Å². The largest absolute Gasteiger partial charge is 0.501 e. The molecule has 1 saturated carbocycles. The fourth-order valence-electron chi connectivity index (χ4n) is 9.20. The van der Waals surface area contributed by atoms with Crippen molar-refractivity contribution in [3.05, 3.63) is 138 Å². The summed E-state index contributed by atoms with van der Waals surface area (Å²) in [4.78, 5) is 15.9. The number of hydrogen-bond donors (Lipinski definition) is 5. The summed E-state index contributed by atoms with van der Waals surface area (Å²) in [6.07, 6.45) is 1.46. The zero-order valence-electron chi connectivity index (χ0n) is 39.1. The Labute approximate surface area is 414 Å². The van der Waals surface area contributed by atoms with Gasteiger partial charge in [-0.05, 0) is 142 Å². The van der Waals surface area contributed by atoms with Gasteiger partial charge in [-0.1, -0.05) is 30.3 Å². The number of carboxylic acid groups (broad SMARTS) is 1. The number of aliphatic hydroxyl groups is 1. The Kier molecular flexibility index (Phi) is 14.9. The molecule has 1 aromatic heterocycles. The van der Waals surface area contributed by atoms with E-state index < -0.39 is 64.3 Å². The molecule has 13 nitrogen and oxygen atoms in total. The molecule has 6 aromatic rings. The first kappa shape index (κ1) is 51.3. The molecule has 2 fully saturated rings. The Balaban J connectivity index is 0.954. The van der Waals surface area contributed by atoms with Gasteiger partial charge < -0.3 is 35.2 Å². The molecule has 71 heavy (non-hydrogen) atoms. The lowest BCUT2D eigenvalue weighted by Crippen LogP contribution is -2.52. The third-order valence-corrected chi connectivity index (χ3v) is 17.1. The summed E-state index contributed by atoms with van der Waals surface area (Å²) in [5, 5.41) is 26.8. The van der Waals surface area contributed by atoms with Crippen molar-refractivity contribution in [2.24, 2.45) is 7.05 Å².